The zero-order valence-electron chi connectivity index (χ0n) is 13.5. The molecular weight excluding hydrogens is 330 g/mol. The molecule has 0 aromatic heterocycles. The third kappa shape index (κ3) is 5.00. The van der Waals surface area contributed by atoms with Gasteiger partial charge in [-0.1, -0.05) is 0 Å². The first-order valence-electron chi connectivity index (χ1n) is 7.92. The second kappa shape index (κ2) is 8.22. The number of nitrogens with zero attached hydrogens (tertiary/aromatic N) is 2. The molecule has 9 nitrogen and oxygen atoms in total. The summed E-state index contributed by atoms with van der Waals surface area (Å²) < 4.78 is 0. The average Bonchev–Trinajstić information content (AvgIpc) is 3.02. The standard InChI is InChI=1S/C16H19N3O6/c20-14(18-9-1-2-13(18)10-15(21)22)7-8-17-16(23)11-3-5-12(6-4-11)19(24)25/h3-6,13H,1-2,7-10H2,(H,17,23)(H,21,22). The van der Waals surface area contributed by atoms with E-state index in [0.717, 1.165) is 6.42 Å². The molecule has 1 aliphatic rings. The van der Waals surface area contributed by atoms with Crippen molar-refractivity contribution < 1.29 is 24.4 Å². The molecule has 0 bridgehead atoms. The van der Waals surface area contributed by atoms with Gasteiger partial charge in [0, 0.05) is 43.2 Å². The van der Waals surface area contributed by atoms with Gasteiger partial charge in [0.2, 0.25) is 5.91 Å². The van der Waals surface area contributed by atoms with Gasteiger partial charge in [0.1, 0.15) is 0 Å². The largest absolute Gasteiger partial charge is 0.481 e. The van der Waals surface area contributed by atoms with Crippen molar-refractivity contribution in [3.05, 3.63) is 39.9 Å². The highest BCUT2D eigenvalue weighted by Crippen LogP contribution is 2.20. The average molecular weight is 349 g/mol. The number of nitro groups is 1. The van der Waals surface area contributed by atoms with Crippen molar-refractivity contribution >= 4 is 23.5 Å². The Kier molecular flexibility index (Phi) is 6.04. The number of carboxylic acids is 1. The highest BCUT2D eigenvalue weighted by molar-refractivity contribution is 5.94. The van der Waals surface area contributed by atoms with Crippen molar-refractivity contribution in [1.82, 2.24) is 10.2 Å². The van der Waals surface area contributed by atoms with E-state index in [4.69, 9.17) is 5.11 Å². The molecule has 25 heavy (non-hydrogen) atoms. The van der Waals surface area contributed by atoms with Crippen LogP contribution < -0.4 is 5.32 Å². The lowest BCUT2D eigenvalue weighted by Crippen LogP contribution is -2.38. The maximum Gasteiger partial charge on any atom is 0.305 e. The van der Waals surface area contributed by atoms with Gasteiger partial charge >= 0.3 is 5.97 Å². The van der Waals surface area contributed by atoms with Gasteiger partial charge < -0.3 is 15.3 Å². The van der Waals surface area contributed by atoms with Crippen LogP contribution in [0.15, 0.2) is 24.3 Å². The summed E-state index contributed by atoms with van der Waals surface area (Å²) in [6, 6.07) is 4.88. The van der Waals surface area contributed by atoms with Crippen LogP contribution in [0.25, 0.3) is 0 Å². The van der Waals surface area contributed by atoms with Crippen molar-refractivity contribution in [2.75, 3.05) is 13.1 Å². The van der Waals surface area contributed by atoms with E-state index in [2.05, 4.69) is 5.32 Å². The minimum atomic E-state index is -0.934. The Morgan fingerprint density at radius 1 is 1.28 bits per heavy atom. The van der Waals surface area contributed by atoms with Gasteiger partial charge in [-0.15, -0.1) is 0 Å². The molecule has 1 aliphatic heterocycles. The van der Waals surface area contributed by atoms with Crippen LogP contribution in [-0.2, 0) is 9.59 Å². The van der Waals surface area contributed by atoms with Gasteiger partial charge in [0.25, 0.3) is 11.6 Å². The normalized spacial score (nSPS) is 16.5. The summed E-state index contributed by atoms with van der Waals surface area (Å²) >= 11 is 0. The van der Waals surface area contributed by atoms with Crippen LogP contribution in [0.3, 0.4) is 0 Å². The molecule has 1 aromatic carbocycles. The van der Waals surface area contributed by atoms with Crippen molar-refractivity contribution in [3.63, 3.8) is 0 Å². The van der Waals surface area contributed by atoms with E-state index < -0.39 is 16.8 Å². The van der Waals surface area contributed by atoms with Crippen LogP contribution in [-0.4, -0.2) is 51.8 Å². The summed E-state index contributed by atoms with van der Waals surface area (Å²) in [6.07, 6.45) is 1.46. The van der Waals surface area contributed by atoms with E-state index in [-0.39, 0.29) is 42.6 Å². The number of non-ortho nitro benzene ring substituents is 1. The third-order valence-corrected chi connectivity index (χ3v) is 4.07. The Bertz CT molecular complexity index is 673. The van der Waals surface area contributed by atoms with Gasteiger partial charge in [-0.05, 0) is 25.0 Å². The van der Waals surface area contributed by atoms with Crippen LogP contribution in [0.4, 0.5) is 5.69 Å². The number of carboxylic acid groups (broad SMARTS) is 1. The van der Waals surface area contributed by atoms with Crippen molar-refractivity contribution in [2.45, 2.75) is 31.7 Å². The van der Waals surface area contributed by atoms with Crippen LogP contribution in [0.2, 0.25) is 0 Å². The smallest absolute Gasteiger partial charge is 0.305 e. The molecule has 1 saturated heterocycles. The van der Waals surface area contributed by atoms with Crippen molar-refractivity contribution in [1.29, 1.82) is 0 Å². The van der Waals surface area contributed by atoms with Gasteiger partial charge in [0.05, 0.1) is 11.3 Å². The summed E-state index contributed by atoms with van der Waals surface area (Å²) in [7, 11) is 0. The molecule has 2 amide bonds. The lowest BCUT2D eigenvalue weighted by molar-refractivity contribution is -0.384. The number of amides is 2. The summed E-state index contributed by atoms with van der Waals surface area (Å²) in [4.78, 5) is 46.5. The number of hydrogen-bond donors (Lipinski definition) is 2. The molecular formula is C16H19N3O6. The third-order valence-electron chi connectivity index (χ3n) is 4.07. The summed E-state index contributed by atoms with van der Waals surface area (Å²) in [6.45, 7) is 0.651. The Balaban J connectivity index is 1.81. The zero-order valence-corrected chi connectivity index (χ0v) is 13.5. The molecule has 1 heterocycles. The van der Waals surface area contributed by atoms with Gasteiger partial charge in [0.15, 0.2) is 0 Å². The van der Waals surface area contributed by atoms with E-state index in [1.165, 1.54) is 24.3 Å². The Hall–Kier alpha value is -2.97. The molecule has 9 heteroatoms. The van der Waals surface area contributed by atoms with Crippen molar-refractivity contribution in [3.8, 4) is 0 Å². The molecule has 0 radical (unpaired) electrons. The summed E-state index contributed by atoms with van der Waals surface area (Å²) in [5.74, 6) is -1.55. The summed E-state index contributed by atoms with van der Waals surface area (Å²) in [5.41, 5.74) is 0.160. The van der Waals surface area contributed by atoms with Crippen LogP contribution in [0.5, 0.6) is 0 Å². The van der Waals surface area contributed by atoms with Crippen LogP contribution in [0, 0.1) is 10.1 Å². The lowest BCUT2D eigenvalue weighted by Gasteiger charge is -2.23. The second-order valence-electron chi connectivity index (χ2n) is 5.79. The first-order valence-corrected chi connectivity index (χ1v) is 7.92. The van der Waals surface area contributed by atoms with Gasteiger partial charge in [-0.3, -0.25) is 24.5 Å². The molecule has 2 rings (SSSR count). The van der Waals surface area contributed by atoms with E-state index in [9.17, 15) is 24.5 Å². The molecule has 0 spiro atoms. The van der Waals surface area contributed by atoms with Crippen molar-refractivity contribution in [2.24, 2.45) is 0 Å². The number of hydrogen-bond acceptors (Lipinski definition) is 5. The predicted molar refractivity (Wildman–Crippen MR) is 87.0 cm³/mol. The molecule has 0 saturated carbocycles. The number of nitro benzene ring substituents is 1. The predicted octanol–water partition coefficient (Wildman–Crippen LogP) is 1.18. The molecule has 0 aliphatic carbocycles. The topological polar surface area (TPSA) is 130 Å². The molecule has 1 atom stereocenters. The highest BCUT2D eigenvalue weighted by atomic mass is 16.6. The van der Waals surface area contributed by atoms with Gasteiger partial charge in [-0.25, -0.2) is 0 Å². The van der Waals surface area contributed by atoms with Crippen LogP contribution >= 0.6 is 0 Å². The zero-order chi connectivity index (χ0) is 18.4. The maximum absolute atomic E-state index is 12.2. The van der Waals surface area contributed by atoms with Gasteiger partial charge in [-0.2, -0.15) is 0 Å². The molecule has 1 unspecified atom stereocenters. The monoisotopic (exact) mass is 349 g/mol. The quantitative estimate of drug-likeness (QED) is 0.561. The Labute approximate surface area is 143 Å². The number of carbonyl (C=O) groups excluding carboxylic acids is 2. The Morgan fingerprint density at radius 2 is 1.96 bits per heavy atom. The fourth-order valence-electron chi connectivity index (χ4n) is 2.84. The number of likely N-dealkylation sites (tertiary alicyclic amines) is 1. The molecule has 1 fully saturated rings. The maximum atomic E-state index is 12.2. The number of aliphatic carboxylic acids is 1. The highest BCUT2D eigenvalue weighted by Gasteiger charge is 2.29. The second-order valence-corrected chi connectivity index (χ2v) is 5.79. The molecule has 2 N–H and O–H groups in total. The van der Waals surface area contributed by atoms with Crippen LogP contribution in [0.1, 0.15) is 36.0 Å². The minimum Gasteiger partial charge on any atom is -0.481 e. The lowest BCUT2D eigenvalue weighted by atomic mass is 10.1. The number of carbonyl (C=O) groups is 3. The fraction of sp³-hybridized carbons (Fsp3) is 0.438. The number of nitrogens with one attached hydrogen (secondary N) is 1. The van der Waals surface area contributed by atoms with E-state index in [1.807, 2.05) is 0 Å². The number of benzene rings is 1. The first kappa shape index (κ1) is 18.4. The molecule has 134 valence electrons. The minimum absolute atomic E-state index is 0.0686. The Morgan fingerprint density at radius 3 is 2.56 bits per heavy atom. The summed E-state index contributed by atoms with van der Waals surface area (Å²) in [5, 5.41) is 22.0. The van der Waals surface area contributed by atoms with E-state index in [1.54, 1.807) is 4.90 Å². The van der Waals surface area contributed by atoms with E-state index in [0.29, 0.717) is 13.0 Å². The SMILES string of the molecule is O=C(O)CC1CCCN1C(=O)CCNC(=O)c1ccc([N+](=O)[O-])cc1. The van der Waals surface area contributed by atoms with E-state index >= 15 is 0 Å². The fourth-order valence-corrected chi connectivity index (χ4v) is 2.84. The number of rotatable bonds is 7. The molecule has 1 aromatic rings. The first-order chi connectivity index (χ1) is 11.9.